The minimum absolute atomic E-state index is 0.105. The maximum Gasteiger partial charge on any atom is 0.293 e. The largest absolute Gasteiger partial charge is 0.478 e. The van der Waals surface area contributed by atoms with E-state index in [-0.39, 0.29) is 29.1 Å². The number of fused-ring (bicyclic) bond motifs is 1. The third-order valence-corrected chi connectivity index (χ3v) is 4.55. The molecule has 27 heavy (non-hydrogen) atoms. The van der Waals surface area contributed by atoms with Gasteiger partial charge in [0.2, 0.25) is 5.28 Å². The monoisotopic (exact) mass is 406 g/mol. The normalized spacial score (nSPS) is 10.8. The summed E-state index contributed by atoms with van der Waals surface area (Å²) in [6.45, 7) is -0.230. The first-order valence-corrected chi connectivity index (χ1v) is 8.77. The highest BCUT2D eigenvalue weighted by Gasteiger charge is 2.11. The molecule has 3 rings (SSSR count). The first kappa shape index (κ1) is 19.1. The lowest BCUT2D eigenvalue weighted by molar-refractivity contribution is -0.122. The van der Waals surface area contributed by atoms with E-state index in [1.807, 2.05) is 18.2 Å². The number of benzene rings is 1. The van der Waals surface area contributed by atoms with Gasteiger partial charge in [0.15, 0.2) is 12.4 Å². The van der Waals surface area contributed by atoms with Crippen LogP contribution in [0.15, 0.2) is 35.3 Å². The Morgan fingerprint density at radius 1 is 1.30 bits per heavy atom. The lowest BCUT2D eigenvalue weighted by atomic mass is 10.1. The number of likely N-dealkylation sites (N-methyl/N-ethyl adjacent to an activating group) is 1. The van der Waals surface area contributed by atoms with Crippen molar-refractivity contribution in [1.82, 2.24) is 19.9 Å². The number of carbonyl (C=O) groups is 1. The van der Waals surface area contributed by atoms with Crippen LogP contribution in [0.4, 0.5) is 0 Å². The quantitative estimate of drug-likeness (QED) is 0.657. The van der Waals surface area contributed by atoms with E-state index in [0.29, 0.717) is 17.1 Å². The van der Waals surface area contributed by atoms with Crippen LogP contribution in [0, 0.1) is 0 Å². The molecule has 0 aliphatic rings. The minimum atomic E-state index is -0.318. The number of pyridine rings is 1. The van der Waals surface area contributed by atoms with Crippen LogP contribution in [-0.4, -0.2) is 34.1 Å². The van der Waals surface area contributed by atoms with E-state index in [9.17, 15) is 9.59 Å². The van der Waals surface area contributed by atoms with Gasteiger partial charge in [-0.05, 0) is 35.4 Å². The second kappa shape index (κ2) is 7.94. The van der Waals surface area contributed by atoms with Crippen molar-refractivity contribution in [2.24, 2.45) is 7.05 Å². The molecule has 9 heteroatoms. The van der Waals surface area contributed by atoms with E-state index in [0.717, 1.165) is 16.5 Å². The summed E-state index contributed by atoms with van der Waals surface area (Å²) in [7, 11) is 3.15. The van der Waals surface area contributed by atoms with Gasteiger partial charge in [0.05, 0.1) is 22.4 Å². The van der Waals surface area contributed by atoms with E-state index in [2.05, 4.69) is 15.3 Å². The number of aryl methyl sites for hydroxylation is 1. The third kappa shape index (κ3) is 4.20. The third-order valence-electron chi connectivity index (χ3n) is 4.05. The van der Waals surface area contributed by atoms with Crippen LogP contribution < -0.4 is 15.6 Å². The smallest absolute Gasteiger partial charge is 0.293 e. The van der Waals surface area contributed by atoms with Crippen LogP contribution in [0.5, 0.6) is 5.75 Å². The minimum Gasteiger partial charge on any atom is -0.478 e. The van der Waals surface area contributed by atoms with E-state index in [4.69, 9.17) is 27.9 Å². The highest BCUT2D eigenvalue weighted by Crippen LogP contribution is 2.22. The Labute approximate surface area is 164 Å². The number of rotatable bonds is 5. The first-order valence-electron chi connectivity index (χ1n) is 8.02. The van der Waals surface area contributed by atoms with Gasteiger partial charge >= 0.3 is 0 Å². The molecule has 0 spiro atoms. The second-order valence-electron chi connectivity index (χ2n) is 5.84. The van der Waals surface area contributed by atoms with Gasteiger partial charge in [-0.1, -0.05) is 17.7 Å². The maximum atomic E-state index is 12.4. The highest BCUT2D eigenvalue weighted by atomic mass is 35.5. The molecule has 1 amide bonds. The van der Waals surface area contributed by atoms with Crippen LogP contribution in [-0.2, 0) is 18.3 Å². The number of nitrogens with zero attached hydrogens (tertiary/aromatic N) is 3. The van der Waals surface area contributed by atoms with Crippen molar-refractivity contribution in [3.05, 3.63) is 62.4 Å². The van der Waals surface area contributed by atoms with E-state index in [1.165, 1.54) is 17.8 Å². The topological polar surface area (TPSA) is 86.1 Å². The van der Waals surface area contributed by atoms with Gasteiger partial charge in [-0.25, -0.2) is 9.97 Å². The van der Waals surface area contributed by atoms with Gasteiger partial charge in [0.25, 0.3) is 11.5 Å². The Morgan fingerprint density at radius 2 is 2.07 bits per heavy atom. The summed E-state index contributed by atoms with van der Waals surface area (Å²) < 4.78 is 6.85. The first-order chi connectivity index (χ1) is 12.9. The van der Waals surface area contributed by atoms with Crippen molar-refractivity contribution in [3.8, 4) is 5.75 Å². The van der Waals surface area contributed by atoms with Gasteiger partial charge < -0.3 is 14.6 Å². The molecule has 0 aliphatic heterocycles. The molecule has 0 radical (unpaired) electrons. The molecule has 0 fully saturated rings. The number of halogens is 2. The fraction of sp³-hybridized carbons (Fsp3) is 0.222. The zero-order chi connectivity index (χ0) is 19.6. The van der Waals surface area contributed by atoms with E-state index >= 15 is 0 Å². The van der Waals surface area contributed by atoms with Crippen molar-refractivity contribution in [2.75, 3.05) is 13.7 Å². The fourth-order valence-corrected chi connectivity index (χ4v) is 2.94. The average Bonchev–Trinajstić information content (AvgIpc) is 2.66. The van der Waals surface area contributed by atoms with Crippen LogP contribution in [0.3, 0.4) is 0 Å². The lowest BCUT2D eigenvalue weighted by Gasteiger charge is -2.11. The average molecular weight is 407 g/mol. The number of carbonyl (C=O) groups excluding carboxylic acids is 1. The Balaban J connectivity index is 1.98. The highest BCUT2D eigenvalue weighted by molar-refractivity contribution is 6.32. The summed E-state index contributed by atoms with van der Waals surface area (Å²) >= 11 is 12.0. The summed E-state index contributed by atoms with van der Waals surface area (Å²) in [5, 5.41) is 3.79. The molecule has 0 saturated heterocycles. The van der Waals surface area contributed by atoms with Crippen LogP contribution in [0.1, 0.15) is 11.3 Å². The zero-order valence-electron chi connectivity index (χ0n) is 14.6. The Bertz CT molecular complexity index is 1080. The Kier molecular flexibility index (Phi) is 5.62. The number of hydrogen-bond donors (Lipinski definition) is 1. The molecule has 1 aromatic carbocycles. The van der Waals surface area contributed by atoms with Crippen LogP contribution >= 0.6 is 23.2 Å². The van der Waals surface area contributed by atoms with Crippen molar-refractivity contribution >= 4 is 40.0 Å². The molecular formula is C18H16Cl2N4O3. The van der Waals surface area contributed by atoms with Crippen molar-refractivity contribution in [1.29, 1.82) is 0 Å². The number of aromatic nitrogens is 3. The Hall–Kier alpha value is -2.64. The van der Waals surface area contributed by atoms with E-state index in [1.54, 1.807) is 13.1 Å². The molecule has 2 aromatic heterocycles. The molecular weight excluding hydrogens is 391 g/mol. The Morgan fingerprint density at radius 3 is 2.81 bits per heavy atom. The summed E-state index contributed by atoms with van der Waals surface area (Å²) in [6.07, 6.45) is 1.91. The number of nitrogens with one attached hydrogen (secondary N) is 1. The SMILES string of the molecule is CNC(=O)COc1cc2cc(Cc3nc(Cl)ncc3Cl)ccc2n(C)c1=O. The summed E-state index contributed by atoms with van der Waals surface area (Å²) in [5.74, 6) is -0.213. The molecule has 2 heterocycles. The van der Waals surface area contributed by atoms with Gasteiger partial charge in [-0.2, -0.15) is 0 Å². The number of ether oxygens (including phenoxy) is 1. The standard InChI is InChI=1S/C18H16Cl2N4O3/c1-21-16(25)9-27-15-7-11-5-10(3-4-14(11)24(2)17(15)26)6-13-12(19)8-22-18(20)23-13/h3-5,7-8H,6,9H2,1-2H3,(H,21,25). The summed E-state index contributed by atoms with van der Waals surface area (Å²) in [6, 6.07) is 7.26. The maximum absolute atomic E-state index is 12.4. The molecule has 0 atom stereocenters. The molecule has 0 saturated carbocycles. The molecule has 0 aliphatic carbocycles. The predicted octanol–water partition coefficient (Wildman–Crippen LogP) is 2.35. The van der Waals surface area contributed by atoms with E-state index < -0.39 is 0 Å². The van der Waals surface area contributed by atoms with Crippen LogP contribution in [0.25, 0.3) is 10.9 Å². The zero-order valence-corrected chi connectivity index (χ0v) is 16.1. The summed E-state index contributed by atoms with van der Waals surface area (Å²) in [4.78, 5) is 31.8. The molecule has 140 valence electrons. The van der Waals surface area contributed by atoms with Gasteiger partial charge in [-0.3, -0.25) is 9.59 Å². The van der Waals surface area contributed by atoms with Crippen molar-refractivity contribution in [2.45, 2.75) is 6.42 Å². The van der Waals surface area contributed by atoms with Crippen molar-refractivity contribution < 1.29 is 9.53 Å². The molecule has 0 unspecified atom stereocenters. The fourth-order valence-electron chi connectivity index (χ4n) is 2.63. The number of hydrogen-bond acceptors (Lipinski definition) is 5. The van der Waals surface area contributed by atoms with Gasteiger partial charge in [-0.15, -0.1) is 0 Å². The molecule has 7 nitrogen and oxygen atoms in total. The molecule has 3 aromatic rings. The summed E-state index contributed by atoms with van der Waals surface area (Å²) in [5.41, 5.74) is 1.96. The lowest BCUT2D eigenvalue weighted by Crippen LogP contribution is -2.27. The molecule has 1 N–H and O–H groups in total. The second-order valence-corrected chi connectivity index (χ2v) is 6.58. The van der Waals surface area contributed by atoms with Crippen LogP contribution in [0.2, 0.25) is 10.3 Å². The predicted molar refractivity (Wildman–Crippen MR) is 104 cm³/mol. The van der Waals surface area contributed by atoms with Crippen molar-refractivity contribution in [3.63, 3.8) is 0 Å². The van der Waals surface area contributed by atoms with Gasteiger partial charge in [0, 0.05) is 25.9 Å². The number of amides is 1. The van der Waals surface area contributed by atoms with Gasteiger partial charge in [0.1, 0.15) is 0 Å². The molecule has 0 bridgehead atoms.